The number of ether oxygens (including phenoxy) is 1. The fourth-order valence-corrected chi connectivity index (χ4v) is 5.36. The number of carbonyl (C=O) groups is 3. The van der Waals surface area contributed by atoms with Crippen LogP contribution in [0, 0.1) is 17.7 Å². The van der Waals surface area contributed by atoms with Crippen molar-refractivity contribution < 1.29 is 28.6 Å². The standard InChI is InChI=1S/C31H37FN2O5/c32-26-14-12-23(13-15-26)17-25-10-5-4-9-24(30(37)34-16-6-11-28(34)21-39-31(25)38)19-29(36)33-27(20-35)18-22-7-2-1-3-8-22/h1-5,7-8,12-15,24-25,27-28,35H,6,9-11,16-21H2,(H,33,36)/b5-4-/t24-,25+,27+,28-/m1/s1. The van der Waals surface area contributed by atoms with Crippen molar-refractivity contribution in [3.8, 4) is 0 Å². The molecule has 0 radical (unpaired) electrons. The Balaban J connectivity index is 1.44. The Kier molecular flexibility index (Phi) is 10.3. The topological polar surface area (TPSA) is 95.9 Å². The van der Waals surface area contributed by atoms with Gasteiger partial charge in [-0.2, -0.15) is 0 Å². The molecule has 0 aromatic heterocycles. The molecule has 4 atom stereocenters. The first kappa shape index (κ1) is 28.5. The van der Waals surface area contributed by atoms with Gasteiger partial charge in [0, 0.05) is 13.0 Å². The van der Waals surface area contributed by atoms with Crippen LogP contribution < -0.4 is 5.32 Å². The largest absolute Gasteiger partial charge is 0.463 e. The summed E-state index contributed by atoms with van der Waals surface area (Å²) in [6, 6.07) is 15.1. The Labute approximate surface area is 229 Å². The lowest BCUT2D eigenvalue weighted by Crippen LogP contribution is -2.45. The maximum Gasteiger partial charge on any atom is 0.309 e. The molecule has 1 fully saturated rings. The first-order valence-corrected chi connectivity index (χ1v) is 13.7. The van der Waals surface area contributed by atoms with Gasteiger partial charge in [-0.15, -0.1) is 0 Å². The fraction of sp³-hybridized carbons (Fsp3) is 0.452. The van der Waals surface area contributed by atoms with Gasteiger partial charge in [0.2, 0.25) is 11.8 Å². The maximum absolute atomic E-state index is 13.5. The van der Waals surface area contributed by atoms with Crippen LogP contribution in [0.4, 0.5) is 4.39 Å². The average molecular weight is 537 g/mol. The minimum Gasteiger partial charge on any atom is -0.463 e. The van der Waals surface area contributed by atoms with Crippen LogP contribution in [-0.4, -0.2) is 59.6 Å². The normalized spacial score (nSPS) is 23.6. The lowest BCUT2D eigenvalue weighted by Gasteiger charge is -2.29. The molecule has 2 N–H and O–H groups in total. The number of aliphatic hydroxyl groups excluding tert-OH is 1. The van der Waals surface area contributed by atoms with Gasteiger partial charge in [0.1, 0.15) is 12.4 Å². The molecule has 208 valence electrons. The number of aliphatic hydroxyl groups is 1. The number of hydrogen-bond donors (Lipinski definition) is 2. The Bertz CT molecular complexity index is 1140. The van der Waals surface area contributed by atoms with Crippen molar-refractivity contribution in [3.63, 3.8) is 0 Å². The van der Waals surface area contributed by atoms with E-state index in [0.29, 0.717) is 32.2 Å². The molecule has 0 saturated carbocycles. The van der Waals surface area contributed by atoms with Crippen LogP contribution >= 0.6 is 0 Å². The summed E-state index contributed by atoms with van der Waals surface area (Å²) in [6.45, 7) is 0.486. The zero-order chi connectivity index (χ0) is 27.6. The van der Waals surface area contributed by atoms with E-state index in [0.717, 1.165) is 24.0 Å². The highest BCUT2D eigenvalue weighted by Crippen LogP contribution is 2.25. The smallest absolute Gasteiger partial charge is 0.309 e. The Morgan fingerprint density at radius 2 is 1.74 bits per heavy atom. The van der Waals surface area contributed by atoms with Crippen LogP contribution in [-0.2, 0) is 32.0 Å². The van der Waals surface area contributed by atoms with E-state index in [1.807, 2.05) is 42.5 Å². The summed E-state index contributed by atoms with van der Waals surface area (Å²) in [5.41, 5.74) is 1.85. The molecule has 39 heavy (non-hydrogen) atoms. The van der Waals surface area contributed by atoms with E-state index in [2.05, 4.69) is 5.32 Å². The summed E-state index contributed by atoms with van der Waals surface area (Å²) in [4.78, 5) is 41.2. The summed E-state index contributed by atoms with van der Waals surface area (Å²) in [6.07, 6.45) is 6.99. The van der Waals surface area contributed by atoms with E-state index in [1.54, 1.807) is 17.0 Å². The van der Waals surface area contributed by atoms with Gasteiger partial charge in [0.25, 0.3) is 0 Å². The minimum atomic E-state index is -0.552. The number of cyclic esters (lactones) is 1. The van der Waals surface area contributed by atoms with Crippen molar-refractivity contribution in [1.29, 1.82) is 0 Å². The highest BCUT2D eigenvalue weighted by Gasteiger charge is 2.35. The highest BCUT2D eigenvalue weighted by atomic mass is 19.1. The lowest BCUT2D eigenvalue weighted by molar-refractivity contribution is -0.152. The number of nitrogens with one attached hydrogen (secondary N) is 1. The van der Waals surface area contributed by atoms with Crippen molar-refractivity contribution in [2.75, 3.05) is 19.8 Å². The lowest BCUT2D eigenvalue weighted by atomic mass is 9.94. The summed E-state index contributed by atoms with van der Waals surface area (Å²) < 4.78 is 19.0. The van der Waals surface area contributed by atoms with Gasteiger partial charge >= 0.3 is 5.97 Å². The third kappa shape index (κ3) is 8.23. The van der Waals surface area contributed by atoms with E-state index < -0.39 is 17.9 Å². The SMILES string of the molecule is O=C(C[C@H]1C/C=C\C[C@@H](Cc2ccc(F)cc2)C(=O)OC[C@H]2CCCN2C1=O)N[C@H](CO)Cc1ccccc1. The summed E-state index contributed by atoms with van der Waals surface area (Å²) in [5.74, 6) is -2.02. The molecule has 2 aliphatic rings. The quantitative estimate of drug-likeness (QED) is 0.397. The van der Waals surface area contributed by atoms with Crippen molar-refractivity contribution in [3.05, 3.63) is 83.7 Å². The third-order valence-corrected chi connectivity index (χ3v) is 7.51. The minimum absolute atomic E-state index is 0.0104. The molecule has 0 spiro atoms. The van der Waals surface area contributed by atoms with Crippen LogP contribution in [0.2, 0.25) is 0 Å². The monoisotopic (exact) mass is 536 g/mol. The molecule has 2 amide bonds. The second-order valence-electron chi connectivity index (χ2n) is 10.5. The van der Waals surface area contributed by atoms with Gasteiger partial charge in [-0.25, -0.2) is 4.39 Å². The molecule has 0 bridgehead atoms. The number of rotatable bonds is 8. The second kappa shape index (κ2) is 14.0. The average Bonchev–Trinajstić information content (AvgIpc) is 3.41. The molecule has 1 saturated heterocycles. The molecule has 2 aliphatic heterocycles. The van der Waals surface area contributed by atoms with Gasteiger partial charge in [-0.05, 0) is 61.8 Å². The Hall–Kier alpha value is -3.52. The van der Waals surface area contributed by atoms with E-state index in [9.17, 15) is 23.9 Å². The molecule has 4 rings (SSSR count). The molecular formula is C31H37FN2O5. The summed E-state index contributed by atoms with van der Waals surface area (Å²) in [5, 5.41) is 12.7. The van der Waals surface area contributed by atoms with Crippen molar-refractivity contribution in [2.45, 2.75) is 57.0 Å². The van der Waals surface area contributed by atoms with E-state index in [1.165, 1.54) is 12.1 Å². The van der Waals surface area contributed by atoms with Gasteiger partial charge in [0.15, 0.2) is 0 Å². The predicted molar refractivity (Wildman–Crippen MR) is 145 cm³/mol. The number of halogens is 1. The number of nitrogens with zero attached hydrogens (tertiary/aromatic N) is 1. The number of esters is 1. The van der Waals surface area contributed by atoms with E-state index in [4.69, 9.17) is 4.74 Å². The Morgan fingerprint density at radius 1 is 1.03 bits per heavy atom. The molecule has 7 nitrogen and oxygen atoms in total. The number of benzene rings is 2. The molecule has 2 heterocycles. The Morgan fingerprint density at radius 3 is 2.46 bits per heavy atom. The zero-order valence-electron chi connectivity index (χ0n) is 22.1. The van der Waals surface area contributed by atoms with E-state index >= 15 is 0 Å². The maximum atomic E-state index is 13.5. The van der Waals surface area contributed by atoms with Crippen LogP contribution in [0.15, 0.2) is 66.7 Å². The number of carbonyl (C=O) groups excluding carboxylic acids is 3. The fourth-order valence-electron chi connectivity index (χ4n) is 5.36. The summed E-state index contributed by atoms with van der Waals surface area (Å²) >= 11 is 0. The molecule has 2 aromatic carbocycles. The summed E-state index contributed by atoms with van der Waals surface area (Å²) in [7, 11) is 0. The van der Waals surface area contributed by atoms with Crippen molar-refractivity contribution in [1.82, 2.24) is 10.2 Å². The van der Waals surface area contributed by atoms with E-state index in [-0.39, 0.29) is 49.3 Å². The first-order valence-electron chi connectivity index (χ1n) is 13.7. The number of fused-ring (bicyclic) bond motifs is 1. The first-order chi connectivity index (χ1) is 18.9. The van der Waals surface area contributed by atoms with Gasteiger partial charge < -0.3 is 20.1 Å². The number of hydrogen-bond acceptors (Lipinski definition) is 5. The zero-order valence-corrected chi connectivity index (χ0v) is 22.1. The molecule has 8 heteroatoms. The van der Waals surface area contributed by atoms with Gasteiger partial charge in [-0.1, -0.05) is 54.6 Å². The molecule has 0 unspecified atom stereocenters. The van der Waals surface area contributed by atoms with Crippen molar-refractivity contribution in [2.24, 2.45) is 11.8 Å². The van der Waals surface area contributed by atoms with Crippen LogP contribution in [0.3, 0.4) is 0 Å². The van der Waals surface area contributed by atoms with Gasteiger partial charge in [0.05, 0.1) is 30.5 Å². The molecule has 2 aromatic rings. The number of allylic oxidation sites excluding steroid dienone is 2. The van der Waals surface area contributed by atoms with Crippen LogP contribution in [0.25, 0.3) is 0 Å². The highest BCUT2D eigenvalue weighted by molar-refractivity contribution is 5.86. The second-order valence-corrected chi connectivity index (χ2v) is 10.5. The predicted octanol–water partition coefficient (Wildman–Crippen LogP) is 3.59. The molecular weight excluding hydrogens is 499 g/mol. The molecule has 0 aliphatic carbocycles. The number of amides is 2. The van der Waals surface area contributed by atoms with Crippen LogP contribution in [0.1, 0.15) is 43.2 Å². The third-order valence-electron chi connectivity index (χ3n) is 7.51. The van der Waals surface area contributed by atoms with Crippen LogP contribution in [0.5, 0.6) is 0 Å². The van der Waals surface area contributed by atoms with Crippen molar-refractivity contribution >= 4 is 17.8 Å². The van der Waals surface area contributed by atoms with Gasteiger partial charge in [-0.3, -0.25) is 14.4 Å².